The van der Waals surface area contributed by atoms with Gasteiger partial charge in [0, 0.05) is 22.1 Å². The number of anilines is 1. The summed E-state index contributed by atoms with van der Waals surface area (Å²) in [7, 11) is 0. The molecule has 3 heteroatoms. The highest BCUT2D eigenvalue weighted by atomic mass is 79.9. The topological polar surface area (TPSA) is 15.3 Å². The van der Waals surface area contributed by atoms with Crippen molar-refractivity contribution in [2.45, 2.75) is 52.1 Å². The molecule has 0 radical (unpaired) electrons. The number of benzene rings is 1. The summed E-state index contributed by atoms with van der Waals surface area (Å²) in [4.78, 5) is 2.54. The average molecular weight is 325 g/mol. The van der Waals surface area contributed by atoms with Crippen molar-refractivity contribution in [3.05, 3.63) is 28.2 Å². The summed E-state index contributed by atoms with van der Waals surface area (Å²) in [6, 6.07) is 6.64. The molecule has 1 aromatic carbocycles. The first-order chi connectivity index (χ1) is 8.71. The van der Waals surface area contributed by atoms with Gasteiger partial charge in [-0.3, -0.25) is 0 Å². The average Bonchev–Trinajstić information content (AvgIpc) is 2.35. The molecule has 19 heavy (non-hydrogen) atoms. The van der Waals surface area contributed by atoms with Gasteiger partial charge in [-0.05, 0) is 81.2 Å². The van der Waals surface area contributed by atoms with Crippen molar-refractivity contribution < 1.29 is 0 Å². The number of rotatable bonds is 1. The predicted molar refractivity (Wildman–Crippen MR) is 87.0 cm³/mol. The van der Waals surface area contributed by atoms with Crippen LogP contribution >= 0.6 is 15.9 Å². The van der Waals surface area contributed by atoms with Gasteiger partial charge in [-0.25, -0.2) is 0 Å². The molecule has 0 aromatic heterocycles. The number of nitrogens with one attached hydrogen (secondary N) is 1. The maximum Gasteiger partial charge on any atom is 0.0515 e. The van der Waals surface area contributed by atoms with Gasteiger partial charge in [0.1, 0.15) is 0 Å². The first kappa shape index (κ1) is 14.9. The molecule has 1 N–H and O–H groups in total. The third-order valence-corrected chi connectivity index (χ3v) is 4.65. The molecular formula is C16H25BrN2. The van der Waals surface area contributed by atoms with Crippen LogP contribution in [-0.4, -0.2) is 24.2 Å². The summed E-state index contributed by atoms with van der Waals surface area (Å²) in [6.07, 6.45) is 1.15. The van der Waals surface area contributed by atoms with Gasteiger partial charge in [0.05, 0.1) is 5.69 Å². The Kier molecular flexibility index (Phi) is 3.99. The van der Waals surface area contributed by atoms with Gasteiger partial charge in [0.25, 0.3) is 0 Å². The summed E-state index contributed by atoms with van der Waals surface area (Å²) in [6.45, 7) is 13.5. The fourth-order valence-corrected chi connectivity index (χ4v) is 3.46. The zero-order chi connectivity index (χ0) is 14.3. The van der Waals surface area contributed by atoms with Crippen molar-refractivity contribution >= 4 is 21.6 Å². The molecule has 1 saturated heterocycles. The van der Waals surface area contributed by atoms with E-state index in [1.54, 1.807) is 0 Å². The van der Waals surface area contributed by atoms with Crippen molar-refractivity contribution in [2.75, 3.05) is 18.0 Å². The molecule has 0 amide bonds. The molecule has 1 heterocycles. The van der Waals surface area contributed by atoms with Crippen molar-refractivity contribution in [3.8, 4) is 0 Å². The van der Waals surface area contributed by atoms with Crippen molar-refractivity contribution in [1.82, 2.24) is 5.32 Å². The fraction of sp³-hybridized carbons (Fsp3) is 0.625. The van der Waals surface area contributed by atoms with Crippen LogP contribution in [0, 0.1) is 6.92 Å². The van der Waals surface area contributed by atoms with Crippen LogP contribution in [0.4, 0.5) is 5.69 Å². The second kappa shape index (κ2) is 5.10. The first-order valence-corrected chi connectivity index (χ1v) is 7.79. The van der Waals surface area contributed by atoms with E-state index in [0.717, 1.165) is 19.5 Å². The summed E-state index contributed by atoms with van der Waals surface area (Å²) in [5, 5.41) is 3.65. The van der Waals surface area contributed by atoms with Crippen molar-refractivity contribution in [2.24, 2.45) is 0 Å². The molecule has 0 saturated carbocycles. The second-order valence-electron chi connectivity index (χ2n) is 6.91. The molecule has 1 aromatic rings. The van der Waals surface area contributed by atoms with Crippen LogP contribution in [0.5, 0.6) is 0 Å². The van der Waals surface area contributed by atoms with E-state index in [4.69, 9.17) is 0 Å². The van der Waals surface area contributed by atoms with Crippen LogP contribution in [0.25, 0.3) is 0 Å². The number of hydrogen-bond donors (Lipinski definition) is 1. The quantitative estimate of drug-likeness (QED) is 0.836. The lowest BCUT2D eigenvalue weighted by Gasteiger charge is -2.42. The Morgan fingerprint density at radius 2 is 1.89 bits per heavy atom. The molecule has 106 valence electrons. The van der Waals surface area contributed by atoms with Crippen molar-refractivity contribution in [1.29, 1.82) is 0 Å². The number of hydrogen-bond acceptors (Lipinski definition) is 2. The van der Waals surface area contributed by atoms with E-state index in [-0.39, 0.29) is 11.1 Å². The van der Waals surface area contributed by atoms with E-state index in [2.05, 4.69) is 79.0 Å². The van der Waals surface area contributed by atoms with Crippen LogP contribution in [0.1, 0.15) is 39.7 Å². The minimum Gasteiger partial charge on any atom is -0.364 e. The molecule has 1 fully saturated rings. The summed E-state index contributed by atoms with van der Waals surface area (Å²) in [5.74, 6) is 0. The minimum absolute atomic E-state index is 0.137. The Morgan fingerprint density at radius 3 is 2.53 bits per heavy atom. The molecular weight excluding hydrogens is 300 g/mol. The number of halogens is 1. The SMILES string of the molecule is Cc1ccc(N2CC(C)(C)NCCC2(C)C)c(Br)c1. The van der Waals surface area contributed by atoms with Gasteiger partial charge in [-0.2, -0.15) is 0 Å². The highest BCUT2D eigenvalue weighted by molar-refractivity contribution is 9.10. The fourth-order valence-electron chi connectivity index (χ4n) is 2.75. The van der Waals surface area contributed by atoms with Gasteiger partial charge in [0.15, 0.2) is 0 Å². The van der Waals surface area contributed by atoms with E-state index >= 15 is 0 Å². The van der Waals surface area contributed by atoms with Gasteiger partial charge in [-0.15, -0.1) is 0 Å². The second-order valence-corrected chi connectivity index (χ2v) is 7.77. The lowest BCUT2D eigenvalue weighted by atomic mass is 9.96. The standard InChI is InChI=1S/C16H25BrN2/c1-12-6-7-14(13(17)10-12)19-11-15(2,3)18-9-8-16(19,4)5/h6-7,10,18H,8-9,11H2,1-5H3. The Hall–Kier alpha value is -0.540. The normalized spacial score (nSPS) is 22.1. The van der Waals surface area contributed by atoms with E-state index < -0.39 is 0 Å². The first-order valence-electron chi connectivity index (χ1n) is 7.00. The lowest BCUT2D eigenvalue weighted by molar-refractivity contribution is 0.409. The Balaban J connectivity index is 2.43. The Bertz CT molecular complexity index is 466. The van der Waals surface area contributed by atoms with Gasteiger partial charge >= 0.3 is 0 Å². The van der Waals surface area contributed by atoms with Crippen LogP contribution in [0.3, 0.4) is 0 Å². The maximum atomic E-state index is 3.74. The van der Waals surface area contributed by atoms with E-state index in [1.807, 2.05) is 0 Å². The highest BCUT2D eigenvalue weighted by Gasteiger charge is 2.35. The molecule has 0 spiro atoms. The van der Waals surface area contributed by atoms with Gasteiger partial charge < -0.3 is 10.2 Å². The molecule has 0 unspecified atom stereocenters. The predicted octanol–water partition coefficient (Wildman–Crippen LogP) is 4.11. The largest absolute Gasteiger partial charge is 0.364 e. The van der Waals surface area contributed by atoms with Crippen LogP contribution in [-0.2, 0) is 0 Å². The molecule has 1 aliphatic heterocycles. The third-order valence-electron chi connectivity index (χ3n) is 4.02. The lowest BCUT2D eigenvalue weighted by Crippen LogP contribution is -2.51. The smallest absolute Gasteiger partial charge is 0.0515 e. The summed E-state index contributed by atoms with van der Waals surface area (Å²) < 4.78 is 1.19. The van der Waals surface area contributed by atoms with E-state index in [1.165, 1.54) is 15.7 Å². The zero-order valence-electron chi connectivity index (χ0n) is 12.7. The third kappa shape index (κ3) is 3.32. The number of nitrogens with zero attached hydrogens (tertiary/aromatic N) is 1. The summed E-state index contributed by atoms with van der Waals surface area (Å²) >= 11 is 3.74. The van der Waals surface area contributed by atoms with E-state index in [0.29, 0.717) is 0 Å². The molecule has 0 atom stereocenters. The molecule has 1 aliphatic rings. The number of aryl methyl sites for hydroxylation is 1. The van der Waals surface area contributed by atoms with Gasteiger partial charge in [0.2, 0.25) is 0 Å². The summed E-state index contributed by atoms with van der Waals surface area (Å²) in [5.41, 5.74) is 2.89. The maximum absolute atomic E-state index is 3.74. The zero-order valence-corrected chi connectivity index (χ0v) is 14.3. The molecule has 0 bridgehead atoms. The molecule has 2 nitrogen and oxygen atoms in total. The Labute approximate surface area is 125 Å². The van der Waals surface area contributed by atoms with Crippen LogP contribution in [0.2, 0.25) is 0 Å². The Morgan fingerprint density at radius 1 is 1.21 bits per heavy atom. The van der Waals surface area contributed by atoms with Crippen molar-refractivity contribution in [3.63, 3.8) is 0 Å². The molecule has 0 aliphatic carbocycles. The van der Waals surface area contributed by atoms with Gasteiger partial charge in [-0.1, -0.05) is 6.07 Å². The van der Waals surface area contributed by atoms with Crippen LogP contribution in [0.15, 0.2) is 22.7 Å². The highest BCUT2D eigenvalue weighted by Crippen LogP contribution is 2.35. The van der Waals surface area contributed by atoms with E-state index in [9.17, 15) is 0 Å². The monoisotopic (exact) mass is 324 g/mol. The molecule has 2 rings (SSSR count). The van der Waals surface area contributed by atoms with Crippen LogP contribution < -0.4 is 10.2 Å². The minimum atomic E-state index is 0.137.